The van der Waals surface area contributed by atoms with E-state index in [4.69, 9.17) is 14.9 Å². The van der Waals surface area contributed by atoms with Gasteiger partial charge in [0.2, 0.25) is 0 Å². The van der Waals surface area contributed by atoms with Crippen molar-refractivity contribution in [1.82, 2.24) is 10.3 Å². The molecule has 4 N–H and O–H groups in total. The Morgan fingerprint density at radius 3 is 2.95 bits per heavy atom. The summed E-state index contributed by atoms with van der Waals surface area (Å²) in [5, 5.41) is 3.38. The first kappa shape index (κ1) is 12.4. The smallest absolute Gasteiger partial charge is 0.408 e. The van der Waals surface area contributed by atoms with E-state index in [1.807, 2.05) is 18.2 Å². The third-order valence-electron chi connectivity index (χ3n) is 3.56. The second-order valence-corrected chi connectivity index (χ2v) is 5.15. The quantitative estimate of drug-likeness (QED) is 0.716. The third kappa shape index (κ3) is 2.42. The fourth-order valence-electron chi connectivity index (χ4n) is 2.25. The molecule has 0 atom stereocenters. The van der Waals surface area contributed by atoms with Gasteiger partial charge in [0.05, 0.1) is 18.7 Å². The Bertz CT molecular complexity index is 622. The molecule has 0 aliphatic carbocycles. The van der Waals surface area contributed by atoms with E-state index < -0.39 is 5.76 Å². The molecular weight excluding hydrogens is 246 g/mol. The van der Waals surface area contributed by atoms with E-state index in [1.54, 1.807) is 0 Å². The van der Waals surface area contributed by atoms with E-state index in [9.17, 15) is 4.79 Å². The summed E-state index contributed by atoms with van der Waals surface area (Å²) in [5.41, 5.74) is 8.22. The second-order valence-electron chi connectivity index (χ2n) is 5.15. The van der Waals surface area contributed by atoms with Crippen LogP contribution in [-0.4, -0.2) is 31.3 Å². The van der Waals surface area contributed by atoms with Gasteiger partial charge in [-0.25, -0.2) is 4.79 Å². The van der Waals surface area contributed by atoms with Gasteiger partial charge < -0.3 is 20.2 Å². The van der Waals surface area contributed by atoms with Crippen molar-refractivity contribution in [3.8, 4) is 0 Å². The lowest BCUT2D eigenvalue weighted by Gasteiger charge is -2.40. The Hall–Kier alpha value is -1.63. The number of fused-ring (bicyclic) bond motifs is 1. The molecule has 0 amide bonds. The van der Waals surface area contributed by atoms with Crippen LogP contribution in [0.3, 0.4) is 0 Å². The molecule has 0 spiro atoms. The van der Waals surface area contributed by atoms with Crippen LogP contribution in [0.15, 0.2) is 27.4 Å². The third-order valence-corrected chi connectivity index (χ3v) is 3.56. The van der Waals surface area contributed by atoms with Gasteiger partial charge in [0.25, 0.3) is 0 Å². The zero-order valence-electron chi connectivity index (χ0n) is 10.6. The number of ether oxygens (including phenoxy) is 1. The highest BCUT2D eigenvalue weighted by Gasteiger charge is 2.36. The van der Waals surface area contributed by atoms with Crippen LogP contribution in [-0.2, 0) is 11.3 Å². The zero-order chi connectivity index (χ0) is 13.3. The van der Waals surface area contributed by atoms with Crippen molar-refractivity contribution in [3.05, 3.63) is 34.3 Å². The molecule has 1 aliphatic rings. The Balaban J connectivity index is 1.63. The van der Waals surface area contributed by atoms with Crippen LogP contribution >= 0.6 is 0 Å². The maximum absolute atomic E-state index is 11.1. The molecule has 6 heteroatoms. The van der Waals surface area contributed by atoms with Gasteiger partial charge in [-0.3, -0.25) is 4.98 Å². The molecule has 0 saturated carbocycles. The number of nitrogens with one attached hydrogen (secondary N) is 2. The molecule has 0 unspecified atom stereocenters. The largest absolute Gasteiger partial charge is 0.417 e. The Labute approximate surface area is 109 Å². The molecule has 1 saturated heterocycles. The lowest BCUT2D eigenvalue weighted by Crippen LogP contribution is -2.54. The first-order valence-corrected chi connectivity index (χ1v) is 6.31. The summed E-state index contributed by atoms with van der Waals surface area (Å²) >= 11 is 0. The lowest BCUT2D eigenvalue weighted by atomic mass is 9.86. The van der Waals surface area contributed by atoms with Gasteiger partial charge in [-0.2, -0.15) is 0 Å². The minimum absolute atomic E-state index is 0.0880. The van der Waals surface area contributed by atoms with Crippen LogP contribution in [0, 0.1) is 5.41 Å². The molecule has 3 rings (SSSR count). The topological polar surface area (TPSA) is 93.3 Å². The maximum Gasteiger partial charge on any atom is 0.417 e. The van der Waals surface area contributed by atoms with Gasteiger partial charge in [0.15, 0.2) is 5.58 Å². The van der Waals surface area contributed by atoms with E-state index in [-0.39, 0.29) is 5.41 Å². The van der Waals surface area contributed by atoms with Gasteiger partial charge in [-0.05, 0) is 17.7 Å². The maximum atomic E-state index is 11.1. The Morgan fingerprint density at radius 2 is 2.26 bits per heavy atom. The molecule has 102 valence electrons. The predicted octanol–water partition coefficient (Wildman–Crippen LogP) is 0.186. The van der Waals surface area contributed by atoms with Crippen molar-refractivity contribution in [2.24, 2.45) is 11.1 Å². The molecule has 2 heterocycles. The van der Waals surface area contributed by atoms with Gasteiger partial charge >= 0.3 is 5.76 Å². The van der Waals surface area contributed by atoms with Crippen molar-refractivity contribution in [1.29, 1.82) is 0 Å². The molecule has 2 aromatic rings. The van der Waals surface area contributed by atoms with E-state index in [0.717, 1.165) is 30.8 Å². The summed E-state index contributed by atoms with van der Waals surface area (Å²) in [4.78, 5) is 13.7. The molecule has 6 nitrogen and oxygen atoms in total. The van der Waals surface area contributed by atoms with Gasteiger partial charge in [0, 0.05) is 25.0 Å². The average Bonchev–Trinajstić information content (AvgIpc) is 2.72. The zero-order valence-corrected chi connectivity index (χ0v) is 10.6. The monoisotopic (exact) mass is 263 g/mol. The van der Waals surface area contributed by atoms with Crippen LogP contribution < -0.4 is 16.8 Å². The summed E-state index contributed by atoms with van der Waals surface area (Å²) in [6.07, 6.45) is 0. The van der Waals surface area contributed by atoms with Crippen LogP contribution in [0.1, 0.15) is 5.56 Å². The highest BCUT2D eigenvalue weighted by Crippen LogP contribution is 2.24. The number of benzene rings is 1. The van der Waals surface area contributed by atoms with Gasteiger partial charge in [-0.1, -0.05) is 6.07 Å². The summed E-state index contributed by atoms with van der Waals surface area (Å²) < 4.78 is 10.2. The van der Waals surface area contributed by atoms with Gasteiger partial charge in [0.1, 0.15) is 0 Å². The summed E-state index contributed by atoms with van der Waals surface area (Å²) in [6, 6.07) is 5.68. The number of hydrogen-bond donors (Lipinski definition) is 3. The normalized spacial score (nSPS) is 17.5. The molecule has 0 radical (unpaired) electrons. The Kier molecular flexibility index (Phi) is 3.14. The number of H-pyrrole nitrogens is 1. The number of oxazole rings is 1. The van der Waals surface area contributed by atoms with Crippen LogP contribution in [0.2, 0.25) is 0 Å². The molecule has 1 aromatic carbocycles. The summed E-state index contributed by atoms with van der Waals surface area (Å²) in [7, 11) is 0. The van der Waals surface area contributed by atoms with Crippen molar-refractivity contribution in [3.63, 3.8) is 0 Å². The molecule has 0 bridgehead atoms. The predicted molar refractivity (Wildman–Crippen MR) is 70.8 cm³/mol. The minimum atomic E-state index is -0.422. The van der Waals surface area contributed by atoms with E-state index in [2.05, 4.69) is 10.3 Å². The second kappa shape index (κ2) is 4.80. The first-order valence-electron chi connectivity index (χ1n) is 6.31. The van der Waals surface area contributed by atoms with Crippen molar-refractivity contribution in [2.45, 2.75) is 6.54 Å². The van der Waals surface area contributed by atoms with Crippen molar-refractivity contribution < 1.29 is 9.15 Å². The van der Waals surface area contributed by atoms with Crippen LogP contribution in [0.5, 0.6) is 0 Å². The minimum Gasteiger partial charge on any atom is -0.408 e. The average molecular weight is 263 g/mol. The highest BCUT2D eigenvalue weighted by molar-refractivity contribution is 5.72. The van der Waals surface area contributed by atoms with Crippen LogP contribution in [0.25, 0.3) is 11.1 Å². The van der Waals surface area contributed by atoms with Crippen LogP contribution in [0.4, 0.5) is 0 Å². The fraction of sp³-hybridized carbons (Fsp3) is 0.462. The summed E-state index contributed by atoms with van der Waals surface area (Å²) in [6.45, 7) is 3.63. The fourth-order valence-corrected chi connectivity index (χ4v) is 2.25. The standard InChI is InChI=1S/C13H17N3O3/c14-5-13(7-18-8-13)6-15-4-9-1-2-10-11(3-9)19-12(17)16-10/h1-3,15H,4-8,14H2,(H,16,17). The van der Waals surface area contributed by atoms with Crippen molar-refractivity contribution >= 4 is 11.1 Å². The SMILES string of the molecule is NCC1(CNCc2ccc3[nH]c(=O)oc3c2)COC1. The number of hydrogen-bond acceptors (Lipinski definition) is 5. The summed E-state index contributed by atoms with van der Waals surface area (Å²) in [5.74, 6) is -0.422. The highest BCUT2D eigenvalue weighted by atomic mass is 16.5. The number of nitrogens with two attached hydrogens (primary N) is 1. The molecule has 19 heavy (non-hydrogen) atoms. The Morgan fingerprint density at radius 1 is 1.42 bits per heavy atom. The van der Waals surface area contributed by atoms with E-state index in [1.165, 1.54) is 0 Å². The van der Waals surface area contributed by atoms with E-state index in [0.29, 0.717) is 18.7 Å². The molecule has 1 aliphatic heterocycles. The first-order chi connectivity index (χ1) is 9.21. The molecular formula is C13H17N3O3. The number of rotatable bonds is 5. The van der Waals surface area contributed by atoms with E-state index >= 15 is 0 Å². The number of aromatic nitrogens is 1. The lowest BCUT2D eigenvalue weighted by molar-refractivity contribution is -0.105. The van der Waals surface area contributed by atoms with Crippen molar-refractivity contribution in [2.75, 3.05) is 26.3 Å². The molecule has 1 aromatic heterocycles. The molecule has 1 fully saturated rings. The number of aromatic amines is 1. The van der Waals surface area contributed by atoms with Gasteiger partial charge in [-0.15, -0.1) is 0 Å².